The van der Waals surface area contributed by atoms with Crippen LogP contribution in [-0.4, -0.2) is 22.2 Å². The van der Waals surface area contributed by atoms with Crippen molar-refractivity contribution in [2.24, 2.45) is 5.41 Å². The van der Waals surface area contributed by atoms with Crippen LogP contribution in [0.4, 0.5) is 0 Å². The molecule has 0 amide bonds. The van der Waals surface area contributed by atoms with Gasteiger partial charge in [0.25, 0.3) is 0 Å². The van der Waals surface area contributed by atoms with Crippen molar-refractivity contribution in [3.8, 4) is 0 Å². The van der Waals surface area contributed by atoms with E-state index in [1.165, 1.54) is 32.1 Å². The van der Waals surface area contributed by atoms with Crippen LogP contribution in [-0.2, 0) is 9.59 Å². The Hall–Kier alpha value is -0.0600. The SMILES string of the molecule is CC(C)(C)[C-]1CCCCC1.O=C(O)CC(=O)O.[Na+]. The van der Waals surface area contributed by atoms with Gasteiger partial charge < -0.3 is 16.1 Å². The summed E-state index contributed by atoms with van der Waals surface area (Å²) in [6, 6.07) is 0. The Bertz CT molecular complexity index is 240. The first-order valence-corrected chi connectivity index (χ1v) is 6.02. The Labute approximate surface area is 131 Å². The maximum Gasteiger partial charge on any atom is 1.00 e. The zero-order valence-corrected chi connectivity index (χ0v) is 14.0. The van der Waals surface area contributed by atoms with Crippen molar-refractivity contribution in [3.05, 3.63) is 5.92 Å². The molecule has 0 atom stereocenters. The van der Waals surface area contributed by atoms with E-state index in [4.69, 9.17) is 10.2 Å². The molecule has 4 nitrogen and oxygen atoms in total. The average molecular weight is 266 g/mol. The summed E-state index contributed by atoms with van der Waals surface area (Å²) in [6.45, 7) is 7.02. The van der Waals surface area contributed by atoms with E-state index in [-0.39, 0.29) is 29.6 Å². The van der Waals surface area contributed by atoms with Gasteiger partial charge in [0, 0.05) is 0 Å². The molecule has 18 heavy (non-hydrogen) atoms. The van der Waals surface area contributed by atoms with Gasteiger partial charge in [0.15, 0.2) is 0 Å². The number of aliphatic carboxylic acids is 2. The van der Waals surface area contributed by atoms with Crippen LogP contribution in [0, 0.1) is 11.3 Å². The normalized spacial score (nSPS) is 15.9. The molecular weight excluding hydrogens is 243 g/mol. The molecule has 1 aliphatic carbocycles. The largest absolute Gasteiger partial charge is 1.00 e. The second-order valence-electron chi connectivity index (χ2n) is 5.38. The van der Waals surface area contributed by atoms with Gasteiger partial charge in [0.05, 0.1) is 0 Å². The molecular formula is C13H23NaO4. The fourth-order valence-electron chi connectivity index (χ4n) is 1.86. The third-order valence-corrected chi connectivity index (χ3v) is 2.82. The molecule has 0 unspecified atom stereocenters. The summed E-state index contributed by atoms with van der Waals surface area (Å²) in [7, 11) is 0. The summed E-state index contributed by atoms with van der Waals surface area (Å²) in [5.41, 5.74) is 0.487. The molecule has 0 aromatic rings. The first-order chi connectivity index (χ1) is 7.73. The molecule has 1 aliphatic rings. The molecule has 0 bridgehead atoms. The minimum atomic E-state index is -1.31. The van der Waals surface area contributed by atoms with E-state index < -0.39 is 18.4 Å². The van der Waals surface area contributed by atoms with E-state index in [1.54, 1.807) is 5.92 Å². The molecule has 5 heteroatoms. The van der Waals surface area contributed by atoms with Crippen LogP contribution in [0.5, 0.6) is 0 Å². The van der Waals surface area contributed by atoms with Crippen molar-refractivity contribution in [3.63, 3.8) is 0 Å². The standard InChI is InChI=1S/C10H19.C3H4O4.Na/c1-10(2,3)9-7-5-4-6-8-9;4-2(5)1-3(6)7;/h4-8H2,1-3H3;1H2,(H,4,5)(H,6,7);/q-1;;+1. The second-order valence-corrected chi connectivity index (χ2v) is 5.38. The summed E-state index contributed by atoms with van der Waals surface area (Å²) in [5, 5.41) is 15.4. The average Bonchev–Trinajstić information content (AvgIpc) is 2.16. The molecule has 0 aliphatic heterocycles. The number of rotatable bonds is 2. The summed E-state index contributed by atoms with van der Waals surface area (Å²) < 4.78 is 0. The van der Waals surface area contributed by atoms with Crippen LogP contribution in [0.2, 0.25) is 0 Å². The summed E-state index contributed by atoms with van der Waals surface area (Å²) >= 11 is 0. The maximum atomic E-state index is 9.43. The van der Waals surface area contributed by atoms with Crippen LogP contribution in [0.1, 0.15) is 59.3 Å². The molecule has 0 heterocycles. The van der Waals surface area contributed by atoms with E-state index in [2.05, 4.69) is 20.8 Å². The quantitative estimate of drug-likeness (QED) is 0.423. The minimum Gasteiger partial charge on any atom is -0.481 e. The van der Waals surface area contributed by atoms with E-state index >= 15 is 0 Å². The molecule has 0 spiro atoms. The second kappa shape index (κ2) is 9.82. The van der Waals surface area contributed by atoms with Crippen molar-refractivity contribution >= 4 is 11.9 Å². The third-order valence-electron chi connectivity index (χ3n) is 2.82. The Balaban J connectivity index is 0. The van der Waals surface area contributed by atoms with Crippen molar-refractivity contribution < 1.29 is 49.4 Å². The smallest absolute Gasteiger partial charge is 0.481 e. The first kappa shape index (κ1) is 20.3. The van der Waals surface area contributed by atoms with Gasteiger partial charge in [-0.3, -0.25) is 9.59 Å². The van der Waals surface area contributed by atoms with Gasteiger partial charge >= 0.3 is 41.5 Å². The Morgan fingerprint density at radius 2 is 1.39 bits per heavy atom. The van der Waals surface area contributed by atoms with E-state index in [1.807, 2.05) is 0 Å². The Kier molecular flexibility index (Phi) is 11.0. The van der Waals surface area contributed by atoms with Crippen LogP contribution >= 0.6 is 0 Å². The van der Waals surface area contributed by atoms with Crippen molar-refractivity contribution in [2.75, 3.05) is 0 Å². The van der Waals surface area contributed by atoms with Crippen LogP contribution < -0.4 is 29.6 Å². The van der Waals surface area contributed by atoms with Gasteiger partial charge in [-0.25, -0.2) is 0 Å². The van der Waals surface area contributed by atoms with Gasteiger partial charge in [-0.05, 0) is 0 Å². The molecule has 2 N–H and O–H groups in total. The van der Waals surface area contributed by atoms with Crippen molar-refractivity contribution in [1.82, 2.24) is 0 Å². The van der Waals surface area contributed by atoms with Gasteiger partial charge in [-0.15, -0.1) is 0 Å². The number of carboxylic acid groups (broad SMARTS) is 2. The number of carbonyl (C=O) groups is 2. The molecule has 1 saturated carbocycles. The fraction of sp³-hybridized carbons (Fsp3) is 0.769. The van der Waals surface area contributed by atoms with E-state index in [0.717, 1.165) is 0 Å². The predicted octanol–water partition coefficient (Wildman–Crippen LogP) is 0.121. The predicted molar refractivity (Wildman–Crippen MR) is 65.7 cm³/mol. The maximum absolute atomic E-state index is 9.43. The minimum absolute atomic E-state index is 0. The summed E-state index contributed by atoms with van der Waals surface area (Å²) in [4.78, 5) is 18.9. The fourth-order valence-corrected chi connectivity index (χ4v) is 1.86. The molecule has 0 radical (unpaired) electrons. The third kappa shape index (κ3) is 11.1. The molecule has 0 aromatic carbocycles. The van der Waals surface area contributed by atoms with Crippen molar-refractivity contribution in [2.45, 2.75) is 59.3 Å². The monoisotopic (exact) mass is 266 g/mol. The Morgan fingerprint density at radius 1 is 1.00 bits per heavy atom. The van der Waals surface area contributed by atoms with Crippen LogP contribution in [0.3, 0.4) is 0 Å². The van der Waals surface area contributed by atoms with Gasteiger partial charge in [0.1, 0.15) is 6.42 Å². The van der Waals surface area contributed by atoms with E-state index in [9.17, 15) is 9.59 Å². The van der Waals surface area contributed by atoms with Gasteiger partial charge in [-0.2, -0.15) is 18.3 Å². The Morgan fingerprint density at radius 3 is 1.56 bits per heavy atom. The number of carboxylic acids is 2. The van der Waals surface area contributed by atoms with Gasteiger partial charge in [-0.1, -0.05) is 40.0 Å². The van der Waals surface area contributed by atoms with E-state index in [0.29, 0.717) is 5.41 Å². The summed E-state index contributed by atoms with van der Waals surface area (Å²) in [5.74, 6) is -0.834. The zero-order chi connectivity index (χ0) is 13.5. The van der Waals surface area contributed by atoms with Crippen LogP contribution in [0.15, 0.2) is 0 Å². The van der Waals surface area contributed by atoms with Crippen molar-refractivity contribution in [1.29, 1.82) is 0 Å². The molecule has 0 saturated heterocycles. The topological polar surface area (TPSA) is 74.6 Å². The molecule has 1 fully saturated rings. The number of hydrogen-bond acceptors (Lipinski definition) is 2. The first-order valence-electron chi connectivity index (χ1n) is 6.02. The van der Waals surface area contributed by atoms with Crippen LogP contribution in [0.25, 0.3) is 0 Å². The molecule has 0 aromatic heterocycles. The zero-order valence-electron chi connectivity index (χ0n) is 12.0. The molecule has 1 rings (SSSR count). The molecule has 100 valence electrons. The number of hydrogen-bond donors (Lipinski definition) is 2. The van der Waals surface area contributed by atoms with Gasteiger partial charge in [0.2, 0.25) is 0 Å². The summed E-state index contributed by atoms with van der Waals surface area (Å²) in [6.07, 6.45) is 6.31.